The summed E-state index contributed by atoms with van der Waals surface area (Å²) in [7, 11) is 0. The molecule has 566 valence electrons. The molecule has 0 heterocycles. The van der Waals surface area contributed by atoms with Gasteiger partial charge < -0.3 is 37.0 Å². The second kappa shape index (κ2) is 34.6. The fourth-order valence-corrected chi connectivity index (χ4v) is 9.76. The first-order valence-electron chi connectivity index (χ1n) is 53.3. The van der Waals surface area contributed by atoms with Gasteiger partial charge in [0, 0.05) is 68.7 Å². The molecule has 0 saturated heterocycles. The second-order valence-electron chi connectivity index (χ2n) is 32.8. The summed E-state index contributed by atoms with van der Waals surface area (Å²) >= 11 is 0. The minimum absolute atomic E-state index is 0. The fourth-order valence-electron chi connectivity index (χ4n) is 9.76. The third-order valence-corrected chi connectivity index (χ3v) is 15.6. The van der Waals surface area contributed by atoms with Crippen molar-refractivity contribution in [3.8, 4) is 28.7 Å². The average molecular weight is 1430 g/mol. The third kappa shape index (κ3) is 30.2. The van der Waals surface area contributed by atoms with Crippen LogP contribution in [0.25, 0.3) is 0 Å². The van der Waals surface area contributed by atoms with Crippen molar-refractivity contribution in [2.45, 2.75) is 342 Å². The molecule has 0 radical (unpaired) electrons. The third-order valence-electron chi connectivity index (χ3n) is 15.6. The van der Waals surface area contributed by atoms with Crippen molar-refractivity contribution in [3.63, 3.8) is 0 Å². The fraction of sp³-hybridized carbons (Fsp3) is 0.553. The van der Waals surface area contributed by atoms with E-state index >= 15 is 0 Å². The standard InChI is InChI=1S/C15H24O.C15H24.2C14H23NO.2C14H22O.C7H8.CH4/c1-10-8-13(16)12(15(5,6)7)9-11(10)14(2,3)4;1-11-8-9-12(14(2,3)4)10-13(11)15(5,6)7;2*1-13(2,3)9-7-10(14(4,5)6)12(16)8-11(9)15;2*1-13(2,3)10-7-8-12(15)11(9-10)14(4,5)6;1-7-5-3-2-4-6-7;/h8-9,16H,1-7H3;8-10H,1-7H3;2*7-8,16H,15H2,1-6H3;2*7-9,15H,1-6H3;2-6H,1H3;1H4/i5D3;2D3,5D3,6D3,8D;1D3,7D;1D3,4D3;2*1D3,4D3,8D;2D,5D,6D;/hD. The lowest BCUT2D eigenvalue weighted by Crippen LogP contribution is -2.18. The van der Waals surface area contributed by atoms with E-state index in [2.05, 4.69) is 25.9 Å². The highest BCUT2D eigenvalue weighted by molar-refractivity contribution is 5.60. The molecule has 0 spiro atoms. The lowest BCUT2D eigenvalue weighted by atomic mass is 9.78. The molecular weight excluding hydrogens is 1240 g/mol. The van der Waals surface area contributed by atoms with E-state index in [1.165, 1.54) is 171 Å². The minimum atomic E-state index is -2.86. The molecule has 0 fully saturated rings. The maximum absolute atomic E-state index is 10.1. The van der Waals surface area contributed by atoms with Gasteiger partial charge in [-0.2, -0.15) is 0 Å². The molecule has 7 nitrogen and oxygen atoms in total. The molecule has 0 atom stereocenters. The SMILES string of the molecule is C.[2H]C([2H])([2H])C(C)(C)c1cc(C(C)(C)C([2H])([2H])[2H])c(O)cc1N.[2H]C([2H])([2H])C(C)(C)c1cc(C(C)(C)C)c(C)cc1O.[2H]Oc1c([2H])cc(C(C)(C)C([2H])([2H])[2H])cc1C(C)(C)C([2H])([2H])[2H].[2H]c1c(C(C)(C)C)c(O)cc(N)c1C(C)(C)C([2H])([2H])[2H].[2H]c1cc(C(C)(C)C([2H])([2H])[2H])cc(C(C)(C([2H])([2H])[2H])C([2H])([2H])[2H])c1C.[2H]c1cc(C(C)(C)C([2H])([2H])[2H])cc(C(C)(C)C([2H])([2H])[2H])c1O.[2H]c1cc([2H])c(C)c([2H])c1. The van der Waals surface area contributed by atoms with Gasteiger partial charge in [-0.25, -0.2) is 0 Å². The number of benzene rings is 7. The van der Waals surface area contributed by atoms with E-state index in [-0.39, 0.29) is 128 Å². The summed E-state index contributed by atoms with van der Waals surface area (Å²) in [4.78, 5) is 0. The first-order chi connectivity index (χ1) is 61.5. The predicted octanol–water partition coefficient (Wildman–Crippen LogP) is 26.6. The molecule has 7 aromatic carbocycles. The Morgan fingerprint density at radius 1 is 0.297 bits per heavy atom. The van der Waals surface area contributed by atoms with Crippen molar-refractivity contribution in [3.05, 3.63) is 205 Å². The summed E-state index contributed by atoms with van der Waals surface area (Å²) in [5.74, 6) is -0.845. The van der Waals surface area contributed by atoms with Crippen LogP contribution < -0.4 is 11.5 Å². The number of phenols is 5. The van der Waals surface area contributed by atoms with Crippen molar-refractivity contribution in [1.29, 1.82) is 1.43 Å². The summed E-state index contributed by atoms with van der Waals surface area (Å²) in [5.41, 5.74) is 3.11. The topological polar surface area (TPSA) is 153 Å². The molecule has 0 amide bonds. The van der Waals surface area contributed by atoms with E-state index in [4.69, 9.17) is 67.7 Å². The number of aryl methyl sites for hydroxylation is 1. The molecule has 0 bridgehead atoms. The first kappa shape index (κ1) is 45.4. The van der Waals surface area contributed by atoms with Crippen molar-refractivity contribution in [2.75, 3.05) is 11.5 Å². The number of rotatable bonds is 1. The van der Waals surface area contributed by atoms with Crippen LogP contribution in [-0.4, -0.2) is 27.0 Å². The molecular formula is C94H150N2O5. The molecule has 0 aliphatic rings. The van der Waals surface area contributed by atoms with Crippen molar-refractivity contribution in [2.24, 2.45) is 0 Å². The Bertz CT molecular complexity index is 5430. The summed E-state index contributed by atoms with van der Waals surface area (Å²) in [6.45, 7) is 18.6. The van der Waals surface area contributed by atoms with Crippen molar-refractivity contribution in [1.82, 2.24) is 0 Å². The Kier molecular flexibility index (Phi) is 15.6. The molecule has 0 aliphatic carbocycles. The lowest BCUT2D eigenvalue weighted by Gasteiger charge is -2.27. The zero-order valence-corrected chi connectivity index (χ0v) is 64.9. The van der Waals surface area contributed by atoms with Crippen LogP contribution in [0.1, 0.15) is 394 Å². The zero-order chi connectivity index (χ0) is 113. The quantitative estimate of drug-likeness (QED) is 0.0808. The van der Waals surface area contributed by atoms with E-state index in [0.29, 0.717) is 33.4 Å². The number of nitrogen functional groups attached to an aromatic ring is 2. The summed E-state index contributed by atoms with van der Waals surface area (Å²) in [6, 6.07) is 18.7. The van der Waals surface area contributed by atoms with E-state index < -0.39 is 141 Å². The molecule has 0 aliphatic heterocycles. The molecule has 7 aromatic rings. The molecule has 101 heavy (non-hydrogen) atoms. The monoisotopic (exact) mass is 1430 g/mol. The van der Waals surface area contributed by atoms with Crippen LogP contribution in [0.5, 0.6) is 28.7 Å². The number of phenolic OH excluding ortho intramolecular Hbond substituents is 5. The Labute approximate surface area is 678 Å². The Morgan fingerprint density at radius 2 is 0.594 bits per heavy atom. The number of hydrogen-bond donors (Lipinski definition) is 7. The van der Waals surface area contributed by atoms with Crippen LogP contribution in [0, 0.1) is 20.8 Å². The number of hydrogen-bond acceptors (Lipinski definition) is 7. The largest absolute Gasteiger partial charge is 0.508 e. The number of nitrogens with two attached hydrogens (primary N) is 2. The maximum atomic E-state index is 10.1. The lowest BCUT2D eigenvalue weighted by molar-refractivity contribution is 0.443. The van der Waals surface area contributed by atoms with Gasteiger partial charge in [0.05, 0.1) is 9.60 Å². The molecule has 7 rings (SSSR count). The van der Waals surface area contributed by atoms with Gasteiger partial charge in [0.25, 0.3) is 1.43 Å². The van der Waals surface area contributed by atoms with Gasteiger partial charge in [-0.1, -0.05) is 340 Å². The summed E-state index contributed by atoms with van der Waals surface area (Å²) in [5, 5.41) is 44.9. The average Bonchev–Trinajstić information content (AvgIpc) is 0.726. The van der Waals surface area contributed by atoms with Crippen LogP contribution in [-0.2, 0) is 65.0 Å². The molecule has 0 aromatic heterocycles. The van der Waals surface area contributed by atoms with Gasteiger partial charge in [-0.15, -0.1) is 0 Å². The van der Waals surface area contributed by atoms with Crippen molar-refractivity contribution < 1.29 is 80.4 Å². The van der Waals surface area contributed by atoms with Crippen LogP contribution in [0.15, 0.2) is 121 Å². The normalized spacial score (nSPS) is 19.8. The van der Waals surface area contributed by atoms with Crippen molar-refractivity contribution >= 4 is 11.4 Å². The van der Waals surface area contributed by atoms with Crippen LogP contribution in [0.2, 0.25) is 0 Å². The second-order valence-corrected chi connectivity index (χ2v) is 32.8. The molecule has 0 unspecified atom stereocenters. The van der Waals surface area contributed by atoms with Gasteiger partial charge in [0.2, 0.25) is 0 Å². The smallest absolute Gasteiger partial charge is 0.293 e. The van der Waals surface area contributed by atoms with E-state index in [0.717, 1.165) is 18.1 Å². The summed E-state index contributed by atoms with van der Waals surface area (Å²) < 4.78 is 315. The maximum Gasteiger partial charge on any atom is 0.293 e. The van der Waals surface area contributed by atoms with Gasteiger partial charge in [0.1, 0.15) is 28.7 Å². The highest BCUT2D eigenvalue weighted by Gasteiger charge is 2.29. The number of anilines is 2. The van der Waals surface area contributed by atoms with Crippen LogP contribution >= 0.6 is 0 Å². The summed E-state index contributed by atoms with van der Waals surface area (Å²) in [6.07, 6.45) is 0. The Hall–Kier alpha value is -6.86. The molecule has 9 N–H and O–H groups in total. The van der Waals surface area contributed by atoms with Gasteiger partial charge in [-0.05, 0) is 194 Å². The number of aromatic hydroxyl groups is 5. The van der Waals surface area contributed by atoms with E-state index in [1.807, 2.05) is 33.8 Å². The molecule has 0 saturated carbocycles. The Morgan fingerprint density at radius 3 is 0.980 bits per heavy atom. The minimum Gasteiger partial charge on any atom is -0.508 e. The van der Waals surface area contributed by atoms with E-state index in [1.54, 1.807) is 40.7 Å². The van der Waals surface area contributed by atoms with Gasteiger partial charge in [-0.3, -0.25) is 0 Å². The van der Waals surface area contributed by atoms with Crippen LogP contribution in [0.4, 0.5) is 11.4 Å². The highest BCUT2D eigenvalue weighted by Crippen LogP contribution is 2.42. The first-order valence-corrected chi connectivity index (χ1v) is 32.9. The highest BCUT2D eigenvalue weighted by atomic mass is 16.3. The predicted molar refractivity (Wildman–Crippen MR) is 448 cm³/mol. The zero-order valence-electron chi connectivity index (χ0n) is 106. The molecule has 7 heteroatoms. The van der Waals surface area contributed by atoms with Crippen LogP contribution in [0.3, 0.4) is 0 Å². The van der Waals surface area contributed by atoms with E-state index in [9.17, 15) is 20.4 Å². The van der Waals surface area contributed by atoms with Gasteiger partial charge in [0.15, 0.2) is 0 Å². The Balaban J connectivity index is 0.00000165. The van der Waals surface area contributed by atoms with Gasteiger partial charge >= 0.3 is 0 Å².